The van der Waals surface area contributed by atoms with E-state index in [9.17, 15) is 4.57 Å². The average Bonchev–Trinajstić information content (AvgIpc) is 2.79. The van der Waals surface area contributed by atoms with Crippen LogP contribution in [0.1, 0.15) is 43.7 Å². The molecule has 29 heavy (non-hydrogen) atoms. The Bertz CT molecular complexity index is 1090. The number of unbranched alkanes of at least 4 members (excludes halogenated alkanes) is 3. The van der Waals surface area contributed by atoms with Crippen molar-refractivity contribution in [1.82, 2.24) is 0 Å². The molecule has 2 heteroatoms. The van der Waals surface area contributed by atoms with Gasteiger partial charge in [-0.2, -0.15) is 0 Å². The Morgan fingerprint density at radius 3 is 2.14 bits per heavy atom. The van der Waals surface area contributed by atoms with E-state index in [1.807, 2.05) is 84.9 Å². The number of benzene rings is 3. The Morgan fingerprint density at radius 2 is 1.41 bits per heavy atom. The van der Waals surface area contributed by atoms with E-state index in [1.54, 1.807) is 0 Å². The molecule has 1 nitrogen and oxygen atoms in total. The topological polar surface area (TPSA) is 17.1 Å². The number of hydrogen-bond acceptors (Lipinski definition) is 1. The van der Waals surface area contributed by atoms with Gasteiger partial charge in [0.25, 0.3) is 0 Å². The first kappa shape index (κ1) is 20.7. The molecule has 3 aromatic rings. The first-order valence-corrected chi connectivity index (χ1v) is 11.8. The van der Waals surface area contributed by atoms with Gasteiger partial charge in [0.1, 0.15) is 0 Å². The van der Waals surface area contributed by atoms with E-state index >= 15 is 0 Å². The summed E-state index contributed by atoms with van der Waals surface area (Å²) in [5.41, 5.74) is 4.79. The van der Waals surface area contributed by atoms with E-state index < -0.39 is 7.14 Å². The van der Waals surface area contributed by atoms with Crippen molar-refractivity contribution in [2.75, 3.05) is 0 Å². The minimum atomic E-state index is -3.15. The lowest BCUT2D eigenvalue weighted by Gasteiger charge is -2.15. The van der Waals surface area contributed by atoms with E-state index in [1.165, 1.54) is 12.8 Å². The van der Waals surface area contributed by atoms with Crippen LogP contribution in [0.4, 0.5) is 0 Å². The summed E-state index contributed by atoms with van der Waals surface area (Å²) < 4.78 is 14.3. The highest BCUT2D eigenvalue weighted by atomic mass is 31.2. The zero-order chi connectivity index (χ0) is 20.4. The van der Waals surface area contributed by atoms with Crippen LogP contribution >= 0.6 is 7.14 Å². The Balaban J connectivity index is 2.07. The van der Waals surface area contributed by atoms with Crippen LogP contribution in [0.3, 0.4) is 0 Å². The molecule has 0 bridgehead atoms. The van der Waals surface area contributed by atoms with Crippen LogP contribution in [0, 0.1) is 23.4 Å². The molecule has 0 aromatic heterocycles. The second kappa shape index (κ2) is 10.5. The molecule has 0 amide bonds. The molecule has 0 radical (unpaired) electrons. The summed E-state index contributed by atoms with van der Waals surface area (Å²) in [6.07, 6.45) is 4.31. The van der Waals surface area contributed by atoms with E-state index in [-0.39, 0.29) is 0 Å². The summed E-state index contributed by atoms with van der Waals surface area (Å²) in [6.45, 7) is 2.18. The minimum Gasteiger partial charge on any atom is -0.300 e. The van der Waals surface area contributed by atoms with Crippen molar-refractivity contribution in [2.45, 2.75) is 32.6 Å². The van der Waals surface area contributed by atoms with Gasteiger partial charge in [0, 0.05) is 28.2 Å². The molecule has 0 aliphatic carbocycles. The summed E-state index contributed by atoms with van der Waals surface area (Å²) in [6, 6.07) is 26.9. The molecule has 1 unspecified atom stereocenters. The number of hydrogen-bond donors (Lipinski definition) is 0. The molecule has 1 atom stereocenters. The molecule has 0 saturated heterocycles. The van der Waals surface area contributed by atoms with Crippen LogP contribution in [0.5, 0.6) is 0 Å². The second-order valence-electron chi connectivity index (χ2n) is 6.82. The Kier molecular flexibility index (Phi) is 7.53. The largest absolute Gasteiger partial charge is 0.300 e. The van der Waals surface area contributed by atoms with E-state index in [2.05, 4.69) is 30.3 Å². The predicted molar refractivity (Wildman–Crippen MR) is 124 cm³/mol. The molecule has 0 heterocycles. The lowest BCUT2D eigenvalue weighted by molar-refractivity contribution is 0.593. The van der Waals surface area contributed by atoms with E-state index in [4.69, 9.17) is 0 Å². The van der Waals surface area contributed by atoms with Crippen LogP contribution in [-0.4, -0.2) is 0 Å². The van der Waals surface area contributed by atoms with Gasteiger partial charge in [-0.05, 0) is 36.3 Å². The second-order valence-corrected chi connectivity index (χ2v) is 9.26. The van der Waals surface area contributed by atoms with Gasteiger partial charge in [0.05, 0.1) is 0 Å². The van der Waals surface area contributed by atoms with Crippen molar-refractivity contribution in [3.05, 3.63) is 96.1 Å². The molecule has 0 spiro atoms. The normalized spacial score (nSPS) is 12.0. The van der Waals surface area contributed by atoms with Crippen LogP contribution in [0.2, 0.25) is 0 Å². The van der Waals surface area contributed by atoms with E-state index in [0.717, 1.165) is 34.6 Å². The molecule has 0 fully saturated rings. The lowest BCUT2D eigenvalue weighted by atomic mass is 10.2. The third-order valence-electron chi connectivity index (χ3n) is 4.62. The molecule has 0 aliphatic rings. The molecular formula is C27H25OP. The monoisotopic (exact) mass is 396 g/mol. The van der Waals surface area contributed by atoms with Gasteiger partial charge in [-0.1, -0.05) is 98.2 Å². The average molecular weight is 396 g/mol. The van der Waals surface area contributed by atoms with Crippen molar-refractivity contribution in [3.8, 4) is 23.4 Å². The highest BCUT2D eigenvalue weighted by molar-refractivity contribution is 7.83. The molecule has 3 aromatic carbocycles. The summed E-state index contributed by atoms with van der Waals surface area (Å²) >= 11 is 0. The molecule has 3 rings (SSSR count). The fourth-order valence-corrected chi connectivity index (χ4v) is 5.21. The highest BCUT2D eigenvalue weighted by Crippen LogP contribution is 2.43. The summed E-state index contributed by atoms with van der Waals surface area (Å²) in [5, 5.41) is 1.46. The molecule has 0 N–H and O–H groups in total. The SMILES string of the molecule is CCCCCC#Cc1ccccc1P(=O)(C#Cc1ccccc1)c1ccccc1. The first-order valence-electron chi connectivity index (χ1n) is 10.1. The zero-order valence-electron chi connectivity index (χ0n) is 16.8. The van der Waals surface area contributed by atoms with Crippen molar-refractivity contribution < 1.29 is 4.57 Å². The first-order chi connectivity index (χ1) is 14.2. The lowest BCUT2D eigenvalue weighted by Crippen LogP contribution is -2.17. The minimum absolute atomic E-state index is 0.720. The van der Waals surface area contributed by atoms with Crippen LogP contribution < -0.4 is 10.6 Å². The van der Waals surface area contributed by atoms with Crippen LogP contribution in [0.15, 0.2) is 84.9 Å². The third-order valence-corrected chi connectivity index (χ3v) is 7.14. The van der Waals surface area contributed by atoms with Crippen molar-refractivity contribution >= 4 is 17.8 Å². The van der Waals surface area contributed by atoms with Crippen LogP contribution in [-0.2, 0) is 4.57 Å². The predicted octanol–water partition coefficient (Wildman–Crippen LogP) is 5.94. The maximum absolute atomic E-state index is 14.3. The van der Waals surface area contributed by atoms with Gasteiger partial charge < -0.3 is 0 Å². The van der Waals surface area contributed by atoms with Crippen LogP contribution in [0.25, 0.3) is 0 Å². The van der Waals surface area contributed by atoms with Crippen molar-refractivity contribution in [1.29, 1.82) is 0 Å². The fourth-order valence-electron chi connectivity index (χ4n) is 3.04. The summed E-state index contributed by atoms with van der Waals surface area (Å²) in [5.74, 6) is 9.64. The quantitative estimate of drug-likeness (QED) is 0.296. The van der Waals surface area contributed by atoms with E-state index in [0.29, 0.717) is 0 Å². The van der Waals surface area contributed by atoms with Gasteiger partial charge in [-0.25, -0.2) is 0 Å². The van der Waals surface area contributed by atoms with Crippen molar-refractivity contribution in [2.24, 2.45) is 0 Å². The standard InChI is InChI=1S/C27H25OP/c1-2-3-4-5-10-17-25-18-13-14-21-27(25)29(28,26-19-11-7-12-20-26)23-22-24-15-8-6-9-16-24/h6-9,11-16,18-21H,2-5H2,1H3. The highest BCUT2D eigenvalue weighted by Gasteiger charge is 2.27. The zero-order valence-corrected chi connectivity index (χ0v) is 17.7. The smallest absolute Gasteiger partial charge is 0.212 e. The van der Waals surface area contributed by atoms with Gasteiger partial charge in [-0.3, -0.25) is 4.57 Å². The molecule has 0 saturated carbocycles. The Hall–Kier alpha value is -2.99. The molecule has 144 valence electrons. The van der Waals surface area contributed by atoms with Gasteiger partial charge in [0.2, 0.25) is 7.14 Å². The van der Waals surface area contributed by atoms with Crippen molar-refractivity contribution in [3.63, 3.8) is 0 Å². The maximum Gasteiger partial charge on any atom is 0.212 e. The molecular weight excluding hydrogens is 371 g/mol. The van der Waals surface area contributed by atoms with Gasteiger partial charge in [-0.15, -0.1) is 0 Å². The number of rotatable bonds is 5. The Morgan fingerprint density at radius 1 is 0.759 bits per heavy atom. The third kappa shape index (κ3) is 5.51. The fraction of sp³-hybridized carbons (Fsp3) is 0.185. The maximum atomic E-state index is 14.3. The molecule has 0 aliphatic heterocycles. The summed E-state index contributed by atoms with van der Waals surface area (Å²) in [4.78, 5) is 0. The Labute approximate surface area is 174 Å². The van der Waals surface area contributed by atoms with Gasteiger partial charge in [0.15, 0.2) is 0 Å². The summed E-state index contributed by atoms with van der Waals surface area (Å²) in [7, 11) is -3.15. The van der Waals surface area contributed by atoms with Gasteiger partial charge >= 0.3 is 0 Å².